The number of aryl methyl sites for hydroxylation is 2. The van der Waals surface area contributed by atoms with Gasteiger partial charge in [-0.1, -0.05) is 60.1 Å². The summed E-state index contributed by atoms with van der Waals surface area (Å²) in [5.74, 6) is -1.54. The topological polar surface area (TPSA) is 40.6 Å². The van der Waals surface area contributed by atoms with E-state index in [4.69, 9.17) is 11.6 Å². The molecular formula is C26H22ClFN2O2. The summed E-state index contributed by atoms with van der Waals surface area (Å²) in [7, 11) is 1.79. The molecule has 0 bridgehead atoms. The standard InChI is InChI=1S/C26H22ClFN2O2/c1-16-9-10-19(13-17(16)2)23-24(29(3)15-18-7-5-4-6-8-18)26(32)30(25(23)31)20-11-12-22(28)21(27)14-20/h4-14H,15H2,1-3H3. The van der Waals surface area contributed by atoms with E-state index in [0.717, 1.165) is 27.7 Å². The first-order valence-corrected chi connectivity index (χ1v) is 10.6. The summed E-state index contributed by atoms with van der Waals surface area (Å²) in [6.45, 7) is 4.40. The number of amides is 2. The maximum atomic E-state index is 13.7. The summed E-state index contributed by atoms with van der Waals surface area (Å²) >= 11 is 5.94. The lowest BCUT2D eigenvalue weighted by atomic mass is 9.99. The third-order valence-corrected chi connectivity index (χ3v) is 5.95. The van der Waals surface area contributed by atoms with Crippen LogP contribution in [-0.4, -0.2) is 23.8 Å². The van der Waals surface area contributed by atoms with Crippen LogP contribution in [0, 0.1) is 19.7 Å². The van der Waals surface area contributed by atoms with Gasteiger partial charge in [0.2, 0.25) is 0 Å². The molecule has 0 aliphatic carbocycles. The molecule has 0 N–H and O–H groups in total. The molecule has 0 saturated heterocycles. The van der Waals surface area contributed by atoms with Crippen molar-refractivity contribution in [3.8, 4) is 0 Å². The predicted molar refractivity (Wildman–Crippen MR) is 125 cm³/mol. The largest absolute Gasteiger partial charge is 0.365 e. The van der Waals surface area contributed by atoms with Crippen LogP contribution in [0.5, 0.6) is 0 Å². The average Bonchev–Trinajstić information content (AvgIpc) is 3.03. The summed E-state index contributed by atoms with van der Waals surface area (Å²) in [4.78, 5) is 30.0. The van der Waals surface area contributed by atoms with Gasteiger partial charge in [0.15, 0.2) is 0 Å². The number of likely N-dealkylation sites (N-methyl/N-ethyl adjacent to an activating group) is 1. The minimum absolute atomic E-state index is 0.151. The van der Waals surface area contributed by atoms with E-state index in [1.54, 1.807) is 11.9 Å². The van der Waals surface area contributed by atoms with Crippen molar-refractivity contribution in [1.82, 2.24) is 4.90 Å². The molecule has 3 aromatic rings. The van der Waals surface area contributed by atoms with Crippen LogP contribution in [0.15, 0.2) is 72.4 Å². The van der Waals surface area contributed by atoms with Crippen molar-refractivity contribution in [1.29, 1.82) is 0 Å². The van der Waals surface area contributed by atoms with Crippen LogP contribution in [0.25, 0.3) is 5.57 Å². The Labute approximate surface area is 191 Å². The SMILES string of the molecule is Cc1ccc(C2=C(N(C)Cc3ccccc3)C(=O)N(c3ccc(F)c(Cl)c3)C2=O)cc1C. The molecule has 4 rings (SSSR count). The fraction of sp³-hybridized carbons (Fsp3) is 0.154. The zero-order valence-corrected chi connectivity index (χ0v) is 18.8. The van der Waals surface area contributed by atoms with E-state index in [0.29, 0.717) is 23.4 Å². The maximum Gasteiger partial charge on any atom is 0.282 e. The molecule has 1 aliphatic rings. The van der Waals surface area contributed by atoms with Crippen molar-refractivity contribution < 1.29 is 14.0 Å². The highest BCUT2D eigenvalue weighted by Gasteiger charge is 2.42. The maximum absolute atomic E-state index is 13.7. The number of carbonyl (C=O) groups excluding carboxylic acids is 2. The minimum Gasteiger partial charge on any atom is -0.365 e. The van der Waals surface area contributed by atoms with Crippen LogP contribution in [0.3, 0.4) is 0 Å². The van der Waals surface area contributed by atoms with E-state index < -0.39 is 17.6 Å². The molecule has 0 spiro atoms. The van der Waals surface area contributed by atoms with Gasteiger partial charge in [-0.3, -0.25) is 9.59 Å². The summed E-state index contributed by atoms with van der Waals surface area (Å²) < 4.78 is 13.7. The first kappa shape index (κ1) is 21.8. The van der Waals surface area contributed by atoms with Crippen molar-refractivity contribution in [2.45, 2.75) is 20.4 Å². The van der Waals surface area contributed by atoms with Crippen LogP contribution in [0.1, 0.15) is 22.3 Å². The second-order valence-electron chi connectivity index (χ2n) is 7.91. The first-order chi connectivity index (χ1) is 15.3. The molecule has 0 saturated carbocycles. The van der Waals surface area contributed by atoms with Crippen LogP contribution >= 0.6 is 11.6 Å². The fourth-order valence-corrected chi connectivity index (χ4v) is 4.00. The monoisotopic (exact) mass is 448 g/mol. The number of anilines is 1. The molecule has 32 heavy (non-hydrogen) atoms. The minimum atomic E-state index is -0.613. The van der Waals surface area contributed by atoms with Crippen molar-refractivity contribution >= 4 is 34.7 Å². The highest BCUT2D eigenvalue weighted by atomic mass is 35.5. The van der Waals surface area contributed by atoms with Gasteiger partial charge in [0.1, 0.15) is 11.5 Å². The van der Waals surface area contributed by atoms with Crippen LogP contribution in [-0.2, 0) is 16.1 Å². The number of benzene rings is 3. The third-order valence-electron chi connectivity index (χ3n) is 5.66. The number of halogens is 2. The Bertz CT molecular complexity index is 1250. The Kier molecular flexibility index (Phi) is 5.85. The molecule has 0 aromatic heterocycles. The second kappa shape index (κ2) is 8.60. The van der Waals surface area contributed by atoms with E-state index >= 15 is 0 Å². The van der Waals surface area contributed by atoms with Crippen LogP contribution in [0.2, 0.25) is 5.02 Å². The number of hydrogen-bond donors (Lipinski definition) is 0. The smallest absolute Gasteiger partial charge is 0.282 e. The predicted octanol–water partition coefficient (Wildman–Crippen LogP) is 5.51. The Morgan fingerprint density at radius 2 is 1.62 bits per heavy atom. The lowest BCUT2D eigenvalue weighted by Crippen LogP contribution is -2.34. The van der Waals surface area contributed by atoms with E-state index in [-0.39, 0.29) is 10.7 Å². The number of carbonyl (C=O) groups is 2. The number of rotatable bonds is 5. The Hall–Kier alpha value is -3.44. The summed E-state index contributed by atoms with van der Waals surface area (Å²) in [6.07, 6.45) is 0. The van der Waals surface area contributed by atoms with Crippen LogP contribution in [0.4, 0.5) is 10.1 Å². The van der Waals surface area contributed by atoms with E-state index in [2.05, 4.69) is 0 Å². The van der Waals surface area contributed by atoms with Gasteiger partial charge in [0.05, 0.1) is 16.3 Å². The van der Waals surface area contributed by atoms with Gasteiger partial charge in [-0.25, -0.2) is 9.29 Å². The van der Waals surface area contributed by atoms with Gasteiger partial charge in [0.25, 0.3) is 11.8 Å². The molecule has 0 atom stereocenters. The van der Waals surface area contributed by atoms with Crippen LogP contribution < -0.4 is 4.90 Å². The van der Waals surface area contributed by atoms with E-state index in [1.807, 2.05) is 62.4 Å². The summed E-state index contributed by atoms with van der Waals surface area (Å²) in [5, 5.41) is -0.151. The first-order valence-electron chi connectivity index (χ1n) is 10.2. The number of imide groups is 1. The van der Waals surface area contributed by atoms with Crippen molar-refractivity contribution in [3.63, 3.8) is 0 Å². The molecule has 3 aromatic carbocycles. The van der Waals surface area contributed by atoms with E-state index in [9.17, 15) is 14.0 Å². The molecule has 1 aliphatic heterocycles. The number of nitrogens with zero attached hydrogens (tertiary/aromatic N) is 2. The lowest BCUT2D eigenvalue weighted by Gasteiger charge is -2.22. The fourth-order valence-electron chi connectivity index (χ4n) is 3.82. The van der Waals surface area contributed by atoms with Gasteiger partial charge in [-0.15, -0.1) is 0 Å². The van der Waals surface area contributed by atoms with E-state index in [1.165, 1.54) is 12.1 Å². The molecule has 0 fully saturated rings. The Morgan fingerprint density at radius 1 is 0.906 bits per heavy atom. The molecule has 6 heteroatoms. The lowest BCUT2D eigenvalue weighted by molar-refractivity contribution is -0.120. The molecular weight excluding hydrogens is 427 g/mol. The second-order valence-corrected chi connectivity index (χ2v) is 8.32. The molecule has 0 radical (unpaired) electrons. The highest BCUT2D eigenvalue weighted by Crippen LogP contribution is 2.36. The molecule has 2 amide bonds. The van der Waals surface area contributed by atoms with Crippen molar-refractivity contribution in [2.24, 2.45) is 0 Å². The van der Waals surface area contributed by atoms with Gasteiger partial charge in [0, 0.05) is 13.6 Å². The normalized spacial score (nSPS) is 13.8. The third kappa shape index (κ3) is 3.92. The molecule has 4 nitrogen and oxygen atoms in total. The summed E-state index contributed by atoms with van der Waals surface area (Å²) in [6, 6.07) is 19.2. The Morgan fingerprint density at radius 3 is 2.28 bits per heavy atom. The van der Waals surface area contributed by atoms with Gasteiger partial charge in [-0.05, 0) is 54.3 Å². The molecule has 1 heterocycles. The van der Waals surface area contributed by atoms with Gasteiger partial charge >= 0.3 is 0 Å². The van der Waals surface area contributed by atoms with Crippen molar-refractivity contribution in [2.75, 3.05) is 11.9 Å². The quantitative estimate of drug-likeness (QED) is 0.483. The molecule has 162 valence electrons. The average molecular weight is 449 g/mol. The summed E-state index contributed by atoms with van der Waals surface area (Å²) in [5.41, 5.74) is 4.62. The van der Waals surface area contributed by atoms with Gasteiger partial charge < -0.3 is 4.90 Å². The Balaban J connectivity index is 1.83. The highest BCUT2D eigenvalue weighted by molar-refractivity contribution is 6.45. The number of hydrogen-bond acceptors (Lipinski definition) is 3. The zero-order valence-electron chi connectivity index (χ0n) is 18.0. The zero-order chi connectivity index (χ0) is 23.0. The molecule has 0 unspecified atom stereocenters. The van der Waals surface area contributed by atoms with Crippen molar-refractivity contribution in [3.05, 3.63) is 106 Å². The van der Waals surface area contributed by atoms with Gasteiger partial charge in [-0.2, -0.15) is 0 Å².